The van der Waals surface area contributed by atoms with Crippen molar-refractivity contribution in [3.8, 4) is 0 Å². The Kier molecular flexibility index (Phi) is 3.00. The van der Waals surface area contributed by atoms with Gasteiger partial charge in [-0.05, 0) is 32.4 Å². The largest absolute Gasteiger partial charge is 0.322 e. The van der Waals surface area contributed by atoms with Crippen molar-refractivity contribution >= 4 is 23.4 Å². The molecule has 2 heterocycles. The third kappa shape index (κ3) is 2.17. The van der Waals surface area contributed by atoms with Crippen molar-refractivity contribution in [3.05, 3.63) is 11.4 Å². The lowest BCUT2D eigenvalue weighted by Crippen LogP contribution is -2.23. The highest BCUT2D eigenvalue weighted by molar-refractivity contribution is 8.00. The predicted molar refractivity (Wildman–Crippen MR) is 62.2 cm³/mol. The lowest BCUT2D eigenvalue weighted by Gasteiger charge is -2.09. The number of rotatable bonds is 2. The van der Waals surface area contributed by atoms with Crippen LogP contribution >= 0.6 is 11.8 Å². The van der Waals surface area contributed by atoms with E-state index in [9.17, 15) is 4.79 Å². The minimum Gasteiger partial charge on any atom is -0.322 e. The molecule has 0 aliphatic carbocycles. The summed E-state index contributed by atoms with van der Waals surface area (Å²) in [6.45, 7) is 3.80. The first-order valence-electron chi connectivity index (χ1n) is 5.12. The number of H-pyrrole nitrogens is 1. The summed E-state index contributed by atoms with van der Waals surface area (Å²) in [4.78, 5) is 11.8. The van der Waals surface area contributed by atoms with Gasteiger partial charge in [-0.25, -0.2) is 0 Å². The zero-order chi connectivity index (χ0) is 10.8. The van der Waals surface area contributed by atoms with E-state index in [4.69, 9.17) is 0 Å². The molecule has 0 spiro atoms. The fraction of sp³-hybridized carbons (Fsp3) is 0.600. The molecule has 2 rings (SSSR count). The van der Waals surface area contributed by atoms with Gasteiger partial charge in [-0.2, -0.15) is 5.10 Å². The molecule has 82 valence electrons. The van der Waals surface area contributed by atoms with Crippen LogP contribution in [0.1, 0.15) is 24.2 Å². The Hall–Kier alpha value is -0.970. The van der Waals surface area contributed by atoms with E-state index in [0.717, 1.165) is 35.7 Å². The van der Waals surface area contributed by atoms with Crippen LogP contribution in [0, 0.1) is 13.8 Å². The summed E-state index contributed by atoms with van der Waals surface area (Å²) in [7, 11) is 0. The van der Waals surface area contributed by atoms with E-state index in [1.165, 1.54) is 0 Å². The summed E-state index contributed by atoms with van der Waals surface area (Å²) < 4.78 is 0. The van der Waals surface area contributed by atoms with Crippen LogP contribution in [0.2, 0.25) is 0 Å². The number of aryl methyl sites for hydroxylation is 2. The molecule has 0 aromatic carbocycles. The Morgan fingerprint density at radius 1 is 1.60 bits per heavy atom. The average Bonchev–Trinajstić information content (AvgIpc) is 2.82. The molecule has 1 amide bonds. The summed E-state index contributed by atoms with van der Waals surface area (Å²) in [6.07, 6.45) is 2.14. The van der Waals surface area contributed by atoms with E-state index < -0.39 is 0 Å². The lowest BCUT2D eigenvalue weighted by molar-refractivity contribution is -0.115. The van der Waals surface area contributed by atoms with Crippen molar-refractivity contribution in [2.75, 3.05) is 11.1 Å². The molecule has 15 heavy (non-hydrogen) atoms. The average molecular weight is 225 g/mol. The summed E-state index contributed by atoms with van der Waals surface area (Å²) in [5, 5.41) is 9.98. The number of aromatic nitrogens is 2. The zero-order valence-corrected chi connectivity index (χ0v) is 9.78. The highest BCUT2D eigenvalue weighted by Crippen LogP contribution is 2.28. The van der Waals surface area contributed by atoms with E-state index in [1.54, 1.807) is 11.8 Å². The number of nitrogens with zero attached hydrogens (tertiary/aromatic N) is 1. The molecule has 2 N–H and O–H groups in total. The number of hydrogen-bond donors (Lipinski definition) is 2. The Morgan fingerprint density at radius 3 is 2.93 bits per heavy atom. The number of anilines is 1. The molecule has 0 radical (unpaired) electrons. The maximum atomic E-state index is 11.8. The molecule has 0 bridgehead atoms. The van der Waals surface area contributed by atoms with Gasteiger partial charge in [-0.15, -0.1) is 11.8 Å². The molecule has 1 aromatic rings. The molecule has 1 unspecified atom stereocenters. The SMILES string of the molecule is Cc1n[nH]c(C)c1NC(=O)C1CCCS1. The van der Waals surface area contributed by atoms with Gasteiger partial charge in [-0.1, -0.05) is 0 Å². The molecule has 1 aromatic heterocycles. The van der Waals surface area contributed by atoms with Crippen molar-refractivity contribution in [1.29, 1.82) is 0 Å². The third-order valence-corrected chi connectivity index (χ3v) is 3.97. The predicted octanol–water partition coefficient (Wildman–Crippen LogP) is 1.86. The normalized spacial score (nSPS) is 20.5. The highest BCUT2D eigenvalue weighted by Gasteiger charge is 2.24. The monoisotopic (exact) mass is 225 g/mol. The van der Waals surface area contributed by atoms with Gasteiger partial charge in [0.1, 0.15) is 0 Å². The molecular formula is C10H15N3OS. The smallest absolute Gasteiger partial charge is 0.237 e. The number of thioether (sulfide) groups is 1. The Balaban J connectivity index is 2.05. The van der Waals surface area contributed by atoms with Crippen LogP contribution in [0.25, 0.3) is 0 Å². The number of hydrogen-bond acceptors (Lipinski definition) is 3. The van der Waals surface area contributed by atoms with E-state index in [-0.39, 0.29) is 11.2 Å². The standard InChI is InChI=1S/C10H15N3OS/c1-6-9(7(2)13-12-6)11-10(14)8-4-3-5-15-8/h8H,3-5H2,1-2H3,(H,11,14)(H,12,13). The molecule has 1 saturated heterocycles. The van der Waals surface area contributed by atoms with Crippen LogP contribution in [-0.2, 0) is 4.79 Å². The first-order valence-corrected chi connectivity index (χ1v) is 6.17. The fourth-order valence-corrected chi connectivity index (χ4v) is 2.88. The van der Waals surface area contributed by atoms with Crippen molar-refractivity contribution in [3.63, 3.8) is 0 Å². The van der Waals surface area contributed by atoms with Crippen LogP contribution in [-0.4, -0.2) is 27.1 Å². The van der Waals surface area contributed by atoms with Crippen LogP contribution < -0.4 is 5.32 Å². The summed E-state index contributed by atoms with van der Waals surface area (Å²) in [6, 6.07) is 0. The van der Waals surface area contributed by atoms with Crippen LogP contribution in [0.15, 0.2) is 0 Å². The molecule has 1 aliphatic heterocycles. The number of aromatic amines is 1. The number of carbonyl (C=O) groups excluding carboxylic acids is 1. The highest BCUT2D eigenvalue weighted by atomic mass is 32.2. The first-order chi connectivity index (χ1) is 7.18. The quantitative estimate of drug-likeness (QED) is 0.807. The van der Waals surface area contributed by atoms with Gasteiger partial charge < -0.3 is 5.32 Å². The Labute approximate surface area is 93.2 Å². The first kappa shape index (κ1) is 10.5. The Morgan fingerprint density at radius 2 is 2.40 bits per heavy atom. The zero-order valence-electron chi connectivity index (χ0n) is 8.96. The van der Waals surface area contributed by atoms with Crippen molar-refractivity contribution in [2.45, 2.75) is 31.9 Å². The van der Waals surface area contributed by atoms with Gasteiger partial charge in [0.15, 0.2) is 0 Å². The van der Waals surface area contributed by atoms with E-state index in [1.807, 2.05) is 13.8 Å². The van der Waals surface area contributed by atoms with E-state index in [0.29, 0.717) is 0 Å². The van der Waals surface area contributed by atoms with Gasteiger partial charge in [0.05, 0.1) is 22.3 Å². The topological polar surface area (TPSA) is 57.8 Å². The van der Waals surface area contributed by atoms with Crippen LogP contribution in [0.3, 0.4) is 0 Å². The minimum absolute atomic E-state index is 0.116. The summed E-state index contributed by atoms with van der Waals surface area (Å²) in [5.74, 6) is 1.21. The van der Waals surface area contributed by atoms with Crippen LogP contribution in [0.4, 0.5) is 5.69 Å². The Bertz CT molecular complexity index is 349. The van der Waals surface area contributed by atoms with Gasteiger partial charge in [0, 0.05) is 0 Å². The second-order valence-corrected chi connectivity index (χ2v) is 5.11. The van der Waals surface area contributed by atoms with Gasteiger partial charge >= 0.3 is 0 Å². The van der Waals surface area contributed by atoms with Crippen molar-refractivity contribution in [2.24, 2.45) is 0 Å². The molecule has 4 nitrogen and oxygen atoms in total. The second kappa shape index (κ2) is 4.26. The van der Waals surface area contributed by atoms with Gasteiger partial charge in [0.2, 0.25) is 5.91 Å². The fourth-order valence-electron chi connectivity index (χ4n) is 1.72. The maximum Gasteiger partial charge on any atom is 0.237 e. The number of nitrogens with one attached hydrogen (secondary N) is 2. The van der Waals surface area contributed by atoms with Crippen LogP contribution in [0.5, 0.6) is 0 Å². The molecule has 1 atom stereocenters. The molecule has 0 saturated carbocycles. The molecule has 5 heteroatoms. The molecule has 1 aliphatic rings. The lowest BCUT2D eigenvalue weighted by atomic mass is 10.2. The maximum absolute atomic E-state index is 11.8. The number of amides is 1. The van der Waals surface area contributed by atoms with Crippen molar-refractivity contribution in [1.82, 2.24) is 10.2 Å². The van der Waals surface area contributed by atoms with Crippen molar-refractivity contribution < 1.29 is 4.79 Å². The van der Waals surface area contributed by atoms with Gasteiger partial charge in [-0.3, -0.25) is 9.89 Å². The minimum atomic E-state index is 0.116. The summed E-state index contributed by atoms with van der Waals surface area (Å²) >= 11 is 1.74. The number of carbonyl (C=O) groups is 1. The van der Waals surface area contributed by atoms with Gasteiger partial charge in [0.25, 0.3) is 0 Å². The molecular weight excluding hydrogens is 210 g/mol. The van der Waals surface area contributed by atoms with E-state index in [2.05, 4.69) is 15.5 Å². The summed E-state index contributed by atoms with van der Waals surface area (Å²) in [5.41, 5.74) is 2.61. The van der Waals surface area contributed by atoms with E-state index >= 15 is 0 Å². The molecule has 1 fully saturated rings. The third-order valence-electron chi connectivity index (χ3n) is 2.60. The second-order valence-electron chi connectivity index (χ2n) is 3.80.